The van der Waals surface area contributed by atoms with Gasteiger partial charge in [-0.1, -0.05) is 6.07 Å². The smallest absolute Gasteiger partial charge is 0.260 e. The van der Waals surface area contributed by atoms with E-state index in [1.54, 1.807) is 13.0 Å². The number of carbonyl (C=O) groups is 1. The molecule has 2 aromatic carbocycles. The fourth-order valence-electron chi connectivity index (χ4n) is 2.88. The highest BCUT2D eigenvalue weighted by Gasteiger charge is 2.14. The minimum atomic E-state index is -0.807. The van der Waals surface area contributed by atoms with Crippen molar-refractivity contribution in [1.29, 1.82) is 0 Å². The van der Waals surface area contributed by atoms with Crippen molar-refractivity contribution >= 4 is 5.91 Å². The lowest BCUT2D eigenvalue weighted by Crippen LogP contribution is -2.38. The zero-order valence-electron chi connectivity index (χ0n) is 17.4. The lowest BCUT2D eigenvalue weighted by molar-refractivity contribution is -0.127. The third-order valence-corrected chi connectivity index (χ3v) is 4.47. The van der Waals surface area contributed by atoms with E-state index < -0.39 is 11.9 Å². The molecule has 1 atom stereocenters. The van der Waals surface area contributed by atoms with E-state index in [0.29, 0.717) is 12.3 Å². The average molecular weight is 425 g/mol. The summed E-state index contributed by atoms with van der Waals surface area (Å²) in [6.45, 7) is 4.54. The molecule has 0 aliphatic heterocycles. The molecule has 8 heteroatoms. The fraction of sp³-hybridized carbons (Fsp3) is 0.261. The number of amides is 1. The molecule has 1 unspecified atom stereocenters. The molecule has 0 aliphatic carbocycles. The third-order valence-electron chi connectivity index (χ3n) is 4.47. The standard InChI is InChI=1S/C23H24FN3O4/c1-3-30-19-9-7-17(8-10-19)21-14-22(28)27(15-26-21)12-11-25-23(29)16(2)31-20-6-4-5-18(24)13-20/h4-10,13-16H,3,11-12H2,1-2H3,(H,25,29). The predicted octanol–water partition coefficient (Wildman–Crippen LogP) is 3.03. The van der Waals surface area contributed by atoms with Crippen molar-refractivity contribution in [2.24, 2.45) is 0 Å². The van der Waals surface area contributed by atoms with Gasteiger partial charge in [-0.05, 0) is 50.2 Å². The Labute approximate surface area is 179 Å². The molecule has 0 bridgehead atoms. The van der Waals surface area contributed by atoms with Crippen LogP contribution in [0.5, 0.6) is 11.5 Å². The molecule has 0 spiro atoms. The lowest BCUT2D eigenvalue weighted by atomic mass is 10.1. The van der Waals surface area contributed by atoms with Crippen LogP contribution in [-0.4, -0.2) is 34.7 Å². The van der Waals surface area contributed by atoms with E-state index >= 15 is 0 Å². The Hall–Kier alpha value is -3.68. The van der Waals surface area contributed by atoms with Gasteiger partial charge in [-0.25, -0.2) is 9.37 Å². The third kappa shape index (κ3) is 6.15. The highest BCUT2D eigenvalue weighted by Crippen LogP contribution is 2.19. The minimum absolute atomic E-state index is 0.222. The predicted molar refractivity (Wildman–Crippen MR) is 115 cm³/mol. The van der Waals surface area contributed by atoms with Crippen LogP contribution in [0.1, 0.15) is 13.8 Å². The van der Waals surface area contributed by atoms with Crippen LogP contribution in [0.25, 0.3) is 11.3 Å². The van der Waals surface area contributed by atoms with Crippen LogP contribution in [0, 0.1) is 5.82 Å². The van der Waals surface area contributed by atoms with Crippen molar-refractivity contribution in [2.45, 2.75) is 26.5 Å². The minimum Gasteiger partial charge on any atom is -0.494 e. The van der Waals surface area contributed by atoms with Crippen LogP contribution in [0.4, 0.5) is 4.39 Å². The summed E-state index contributed by atoms with van der Waals surface area (Å²) in [5.74, 6) is 0.223. The number of hydrogen-bond acceptors (Lipinski definition) is 5. The number of benzene rings is 2. The molecule has 3 aromatic rings. The summed E-state index contributed by atoms with van der Waals surface area (Å²) < 4.78 is 25.5. The topological polar surface area (TPSA) is 82.5 Å². The molecule has 7 nitrogen and oxygen atoms in total. The molecular weight excluding hydrogens is 401 g/mol. The summed E-state index contributed by atoms with van der Waals surface area (Å²) in [6, 6.07) is 14.4. The molecule has 162 valence electrons. The van der Waals surface area contributed by atoms with E-state index in [2.05, 4.69) is 10.3 Å². The Balaban J connectivity index is 1.53. The maximum absolute atomic E-state index is 13.2. The first-order chi connectivity index (χ1) is 15.0. The Morgan fingerprint density at radius 1 is 1.16 bits per heavy atom. The van der Waals surface area contributed by atoms with Gasteiger partial charge in [0.2, 0.25) is 0 Å². The zero-order chi connectivity index (χ0) is 22.2. The van der Waals surface area contributed by atoms with Crippen molar-refractivity contribution < 1.29 is 18.7 Å². The molecule has 1 amide bonds. The molecule has 1 N–H and O–H groups in total. The number of carbonyl (C=O) groups excluding carboxylic acids is 1. The molecule has 0 aliphatic rings. The Morgan fingerprint density at radius 2 is 1.94 bits per heavy atom. The van der Waals surface area contributed by atoms with E-state index in [9.17, 15) is 14.0 Å². The van der Waals surface area contributed by atoms with Gasteiger partial charge in [-0.15, -0.1) is 0 Å². The number of nitrogens with one attached hydrogen (secondary N) is 1. The number of halogens is 1. The van der Waals surface area contributed by atoms with Crippen LogP contribution in [0.3, 0.4) is 0 Å². The summed E-state index contributed by atoms with van der Waals surface area (Å²) in [7, 11) is 0. The van der Waals surface area contributed by atoms with Crippen molar-refractivity contribution in [2.75, 3.05) is 13.2 Å². The highest BCUT2D eigenvalue weighted by atomic mass is 19.1. The number of hydrogen-bond donors (Lipinski definition) is 1. The lowest BCUT2D eigenvalue weighted by Gasteiger charge is -2.15. The molecule has 0 saturated heterocycles. The molecule has 31 heavy (non-hydrogen) atoms. The number of nitrogens with zero attached hydrogens (tertiary/aromatic N) is 2. The number of ether oxygens (including phenoxy) is 2. The van der Waals surface area contributed by atoms with Gasteiger partial charge in [-0.2, -0.15) is 0 Å². The van der Waals surface area contributed by atoms with Gasteiger partial charge in [0, 0.05) is 30.8 Å². The Bertz CT molecular complexity index is 1080. The SMILES string of the molecule is CCOc1ccc(-c2cc(=O)n(CCNC(=O)C(C)Oc3cccc(F)c3)cn2)cc1. The van der Waals surface area contributed by atoms with E-state index in [0.717, 1.165) is 11.3 Å². The van der Waals surface area contributed by atoms with E-state index in [4.69, 9.17) is 9.47 Å². The monoisotopic (exact) mass is 425 g/mol. The van der Waals surface area contributed by atoms with Crippen LogP contribution >= 0.6 is 0 Å². The van der Waals surface area contributed by atoms with Gasteiger partial charge < -0.3 is 14.8 Å². The molecule has 0 fully saturated rings. The van der Waals surface area contributed by atoms with Crippen LogP contribution < -0.4 is 20.3 Å². The van der Waals surface area contributed by atoms with Crippen molar-refractivity contribution in [3.63, 3.8) is 0 Å². The maximum Gasteiger partial charge on any atom is 0.260 e. The summed E-state index contributed by atoms with van der Waals surface area (Å²) in [5, 5.41) is 2.70. The summed E-state index contributed by atoms with van der Waals surface area (Å²) in [4.78, 5) is 28.9. The van der Waals surface area contributed by atoms with Crippen LogP contribution in [0.2, 0.25) is 0 Å². The molecule has 0 saturated carbocycles. The van der Waals surface area contributed by atoms with E-state index in [1.807, 2.05) is 31.2 Å². The van der Waals surface area contributed by atoms with E-state index in [1.165, 1.54) is 35.2 Å². The fourth-order valence-corrected chi connectivity index (χ4v) is 2.88. The van der Waals surface area contributed by atoms with Crippen LogP contribution in [0.15, 0.2) is 65.7 Å². The van der Waals surface area contributed by atoms with Gasteiger partial charge >= 0.3 is 0 Å². The largest absolute Gasteiger partial charge is 0.494 e. The quantitative estimate of drug-likeness (QED) is 0.570. The second-order valence-electron chi connectivity index (χ2n) is 6.77. The summed E-state index contributed by atoms with van der Waals surface area (Å²) in [5.41, 5.74) is 1.15. The molecule has 3 rings (SSSR count). The van der Waals surface area contributed by atoms with Gasteiger partial charge in [0.15, 0.2) is 6.10 Å². The Morgan fingerprint density at radius 3 is 2.61 bits per heavy atom. The first-order valence-corrected chi connectivity index (χ1v) is 9.96. The van der Waals surface area contributed by atoms with Gasteiger partial charge in [0.05, 0.1) is 18.6 Å². The van der Waals surface area contributed by atoms with Crippen LogP contribution in [-0.2, 0) is 11.3 Å². The second-order valence-corrected chi connectivity index (χ2v) is 6.77. The molecule has 1 heterocycles. The van der Waals surface area contributed by atoms with E-state index in [-0.39, 0.29) is 30.3 Å². The molecule has 1 aromatic heterocycles. The van der Waals surface area contributed by atoms with Crippen molar-refractivity contribution in [3.8, 4) is 22.8 Å². The first-order valence-electron chi connectivity index (χ1n) is 9.96. The Kier molecular flexibility index (Phi) is 7.37. The van der Waals surface area contributed by atoms with Gasteiger partial charge in [0.1, 0.15) is 17.3 Å². The molecule has 0 radical (unpaired) electrons. The van der Waals surface area contributed by atoms with Gasteiger partial charge in [0.25, 0.3) is 11.5 Å². The van der Waals surface area contributed by atoms with Crippen molar-refractivity contribution in [1.82, 2.24) is 14.9 Å². The summed E-state index contributed by atoms with van der Waals surface area (Å²) >= 11 is 0. The van der Waals surface area contributed by atoms with Crippen molar-refractivity contribution in [3.05, 3.63) is 77.1 Å². The highest BCUT2D eigenvalue weighted by molar-refractivity contribution is 5.80. The van der Waals surface area contributed by atoms with Gasteiger partial charge in [-0.3, -0.25) is 14.2 Å². The number of aromatic nitrogens is 2. The molecular formula is C23H24FN3O4. The zero-order valence-corrected chi connectivity index (χ0v) is 17.4. The average Bonchev–Trinajstić information content (AvgIpc) is 2.75. The maximum atomic E-state index is 13.2. The first kappa shape index (κ1) is 22.0. The normalized spacial score (nSPS) is 11.6. The number of rotatable bonds is 9. The second kappa shape index (κ2) is 10.4. The summed E-state index contributed by atoms with van der Waals surface area (Å²) in [6.07, 6.45) is 0.645.